The highest BCUT2D eigenvalue weighted by molar-refractivity contribution is 6.30. The van der Waals surface area contributed by atoms with E-state index < -0.39 is 0 Å². The van der Waals surface area contributed by atoms with Gasteiger partial charge in [-0.15, -0.1) is 0 Å². The number of rotatable bonds is 4. The molecule has 0 fully saturated rings. The lowest BCUT2D eigenvalue weighted by atomic mass is 10.1. The van der Waals surface area contributed by atoms with Crippen molar-refractivity contribution < 1.29 is 0 Å². The smallest absolute Gasteiger partial charge is 0.139 e. The fourth-order valence-corrected chi connectivity index (χ4v) is 2.92. The quantitative estimate of drug-likeness (QED) is 0.378. The van der Waals surface area contributed by atoms with Crippen molar-refractivity contribution in [2.24, 2.45) is 4.99 Å². The Bertz CT molecular complexity index is 1100. The van der Waals surface area contributed by atoms with Crippen LogP contribution in [0.2, 0.25) is 10.0 Å². The maximum Gasteiger partial charge on any atom is 0.139 e. The van der Waals surface area contributed by atoms with E-state index >= 15 is 0 Å². The summed E-state index contributed by atoms with van der Waals surface area (Å²) in [5, 5.41) is 5.79. The first-order valence-electron chi connectivity index (χ1n) is 8.39. The second-order valence-electron chi connectivity index (χ2n) is 5.99. The summed E-state index contributed by atoms with van der Waals surface area (Å²) in [5.74, 6) is 0.730. The van der Waals surface area contributed by atoms with Crippen LogP contribution in [0.25, 0.3) is 10.9 Å². The van der Waals surface area contributed by atoms with E-state index in [1.165, 1.54) is 0 Å². The van der Waals surface area contributed by atoms with Crippen molar-refractivity contribution in [1.82, 2.24) is 4.98 Å². The van der Waals surface area contributed by atoms with Gasteiger partial charge >= 0.3 is 0 Å². The lowest BCUT2D eigenvalue weighted by Gasteiger charge is -2.10. The largest absolute Gasteiger partial charge is 0.340 e. The highest BCUT2D eigenvalue weighted by Crippen LogP contribution is 2.24. The molecule has 3 aromatic carbocycles. The minimum atomic E-state index is 0.686. The molecule has 0 unspecified atom stereocenters. The normalized spacial score (nSPS) is 11.2. The second kappa shape index (κ2) is 7.78. The molecule has 4 rings (SSSR count). The van der Waals surface area contributed by atoms with E-state index in [9.17, 15) is 0 Å². The first-order chi connectivity index (χ1) is 13.2. The molecule has 0 radical (unpaired) electrons. The molecule has 132 valence electrons. The van der Waals surface area contributed by atoms with Crippen molar-refractivity contribution in [3.05, 3.63) is 94.5 Å². The zero-order valence-electron chi connectivity index (χ0n) is 14.2. The molecule has 0 bridgehead atoms. The molecule has 4 aromatic rings. The summed E-state index contributed by atoms with van der Waals surface area (Å²) in [6.07, 6.45) is 1.81. The molecule has 0 spiro atoms. The Kier molecular flexibility index (Phi) is 5.05. The molecule has 0 aliphatic rings. The van der Waals surface area contributed by atoms with Crippen LogP contribution >= 0.6 is 23.2 Å². The Hall–Kier alpha value is -2.88. The Labute approximate surface area is 167 Å². The predicted octanol–water partition coefficient (Wildman–Crippen LogP) is 7.04. The average molecular weight is 392 g/mol. The van der Waals surface area contributed by atoms with Crippen molar-refractivity contribution in [1.29, 1.82) is 0 Å². The summed E-state index contributed by atoms with van der Waals surface area (Å²) >= 11 is 11.9. The van der Waals surface area contributed by atoms with E-state index in [0.717, 1.165) is 33.7 Å². The average Bonchev–Trinajstić information content (AvgIpc) is 2.69. The summed E-state index contributed by atoms with van der Waals surface area (Å²) in [7, 11) is 0. The zero-order valence-corrected chi connectivity index (χ0v) is 15.7. The third kappa shape index (κ3) is 4.27. The van der Waals surface area contributed by atoms with Gasteiger partial charge in [-0.25, -0.2) is 4.98 Å². The number of nitrogens with zero attached hydrogens (tertiary/aromatic N) is 2. The molecule has 0 saturated heterocycles. The van der Waals surface area contributed by atoms with Gasteiger partial charge in [-0.2, -0.15) is 0 Å². The molecular formula is C22H15Cl2N3. The van der Waals surface area contributed by atoms with Crippen LogP contribution in [0.4, 0.5) is 17.2 Å². The van der Waals surface area contributed by atoms with Gasteiger partial charge in [0.15, 0.2) is 0 Å². The first kappa shape index (κ1) is 17.5. The van der Waals surface area contributed by atoms with Crippen molar-refractivity contribution in [2.75, 3.05) is 5.32 Å². The van der Waals surface area contributed by atoms with Crippen molar-refractivity contribution >= 4 is 57.5 Å². The van der Waals surface area contributed by atoms with E-state index in [2.05, 4.69) is 16.4 Å². The summed E-state index contributed by atoms with van der Waals surface area (Å²) in [5.41, 5.74) is 3.53. The van der Waals surface area contributed by atoms with Crippen LogP contribution in [0.15, 0.2) is 83.9 Å². The number of nitrogens with one attached hydrogen (secondary N) is 1. The predicted molar refractivity (Wildman–Crippen MR) is 115 cm³/mol. The minimum Gasteiger partial charge on any atom is -0.340 e. The number of aliphatic imine (C=N–C) groups is 1. The van der Waals surface area contributed by atoms with Gasteiger partial charge in [-0.1, -0.05) is 41.4 Å². The third-order valence-corrected chi connectivity index (χ3v) is 4.54. The molecule has 3 nitrogen and oxygen atoms in total. The molecular weight excluding hydrogens is 377 g/mol. The highest BCUT2D eigenvalue weighted by atomic mass is 35.5. The molecule has 0 aliphatic carbocycles. The molecule has 1 heterocycles. The number of benzene rings is 3. The summed E-state index contributed by atoms with van der Waals surface area (Å²) in [6, 6.07) is 25.0. The highest BCUT2D eigenvalue weighted by Gasteiger charge is 2.06. The third-order valence-electron chi connectivity index (χ3n) is 4.04. The van der Waals surface area contributed by atoms with Crippen LogP contribution in [0, 0.1) is 0 Å². The number of para-hydroxylation sites is 1. The van der Waals surface area contributed by atoms with E-state index in [0.29, 0.717) is 10.0 Å². The minimum absolute atomic E-state index is 0.686. The van der Waals surface area contributed by atoms with Crippen molar-refractivity contribution in [2.45, 2.75) is 0 Å². The first-order valence-corrected chi connectivity index (χ1v) is 9.15. The Morgan fingerprint density at radius 1 is 0.815 bits per heavy atom. The Morgan fingerprint density at radius 2 is 1.48 bits per heavy atom. The standard InChI is InChI=1S/C22H15Cl2N3/c23-17-5-9-19(10-6-17)25-14-16-13-15-3-1-2-4-21(15)27-22(16)26-20-11-7-18(24)8-12-20/h1-14H,(H,26,27). The molecule has 0 amide bonds. The number of anilines is 2. The maximum absolute atomic E-state index is 5.98. The van der Waals surface area contributed by atoms with Crippen LogP contribution in [0.3, 0.4) is 0 Å². The number of halogens is 2. The van der Waals surface area contributed by atoms with E-state index in [1.54, 1.807) is 6.21 Å². The molecule has 1 aromatic heterocycles. The van der Waals surface area contributed by atoms with E-state index in [-0.39, 0.29) is 0 Å². The zero-order chi connectivity index (χ0) is 18.6. The fourth-order valence-electron chi connectivity index (χ4n) is 2.67. The fraction of sp³-hybridized carbons (Fsp3) is 0. The molecule has 5 heteroatoms. The van der Waals surface area contributed by atoms with Crippen molar-refractivity contribution in [3.8, 4) is 0 Å². The molecule has 0 aliphatic heterocycles. The van der Waals surface area contributed by atoms with Gasteiger partial charge in [-0.3, -0.25) is 4.99 Å². The molecule has 27 heavy (non-hydrogen) atoms. The van der Waals surface area contributed by atoms with Crippen LogP contribution in [-0.2, 0) is 0 Å². The van der Waals surface area contributed by atoms with Gasteiger partial charge < -0.3 is 5.32 Å². The lowest BCUT2D eigenvalue weighted by Crippen LogP contribution is -1.99. The van der Waals surface area contributed by atoms with Crippen LogP contribution in [-0.4, -0.2) is 11.2 Å². The van der Waals surface area contributed by atoms with Gasteiger partial charge in [0.25, 0.3) is 0 Å². The lowest BCUT2D eigenvalue weighted by molar-refractivity contribution is 1.36. The molecule has 1 N–H and O–H groups in total. The Morgan fingerprint density at radius 3 is 2.22 bits per heavy atom. The van der Waals surface area contributed by atoms with Gasteiger partial charge in [0.2, 0.25) is 0 Å². The van der Waals surface area contributed by atoms with Gasteiger partial charge in [0.05, 0.1) is 11.2 Å². The monoisotopic (exact) mass is 391 g/mol. The number of pyridine rings is 1. The van der Waals surface area contributed by atoms with E-state index in [4.69, 9.17) is 28.2 Å². The summed E-state index contributed by atoms with van der Waals surface area (Å²) in [4.78, 5) is 9.32. The number of aromatic nitrogens is 1. The summed E-state index contributed by atoms with van der Waals surface area (Å²) < 4.78 is 0. The number of hydrogen-bond donors (Lipinski definition) is 1. The van der Waals surface area contributed by atoms with Gasteiger partial charge in [0, 0.05) is 32.9 Å². The number of hydrogen-bond acceptors (Lipinski definition) is 3. The second-order valence-corrected chi connectivity index (χ2v) is 6.86. The van der Waals surface area contributed by atoms with Gasteiger partial charge in [-0.05, 0) is 60.7 Å². The Balaban J connectivity index is 1.74. The SMILES string of the molecule is Clc1ccc(N=Cc2cc3ccccc3nc2Nc2ccc(Cl)cc2)cc1. The van der Waals surface area contributed by atoms with Crippen molar-refractivity contribution in [3.63, 3.8) is 0 Å². The molecule has 0 saturated carbocycles. The molecule has 0 atom stereocenters. The number of fused-ring (bicyclic) bond motifs is 1. The van der Waals surface area contributed by atoms with Crippen LogP contribution in [0.1, 0.15) is 5.56 Å². The van der Waals surface area contributed by atoms with Gasteiger partial charge in [0.1, 0.15) is 5.82 Å². The van der Waals surface area contributed by atoms with Crippen LogP contribution < -0.4 is 5.32 Å². The summed E-state index contributed by atoms with van der Waals surface area (Å²) in [6.45, 7) is 0. The van der Waals surface area contributed by atoms with Crippen LogP contribution in [0.5, 0.6) is 0 Å². The van der Waals surface area contributed by atoms with E-state index in [1.807, 2.05) is 72.8 Å². The topological polar surface area (TPSA) is 37.3 Å². The maximum atomic E-state index is 5.98.